The van der Waals surface area contributed by atoms with E-state index in [1.165, 1.54) is 25.1 Å². The molecule has 0 fully saturated rings. The van der Waals surface area contributed by atoms with E-state index in [4.69, 9.17) is 9.84 Å². The summed E-state index contributed by atoms with van der Waals surface area (Å²) in [5.74, 6) is -1.18. The SMILES string of the molecule is CC1Oc2cc(C=O)ccc2N(CC(=O)O)C1=O. The van der Waals surface area contributed by atoms with Gasteiger partial charge in [0.25, 0.3) is 5.91 Å². The van der Waals surface area contributed by atoms with E-state index in [-0.39, 0.29) is 0 Å². The van der Waals surface area contributed by atoms with Gasteiger partial charge in [-0.2, -0.15) is 0 Å². The molecule has 1 aromatic carbocycles. The van der Waals surface area contributed by atoms with Crippen LogP contribution in [0.2, 0.25) is 0 Å². The molecule has 0 saturated heterocycles. The molecule has 18 heavy (non-hydrogen) atoms. The number of amides is 1. The lowest BCUT2D eigenvalue weighted by Gasteiger charge is -2.32. The number of carboxylic acids is 1. The van der Waals surface area contributed by atoms with Gasteiger partial charge in [-0.1, -0.05) is 0 Å². The van der Waals surface area contributed by atoms with Gasteiger partial charge in [-0.15, -0.1) is 0 Å². The molecule has 2 rings (SSSR count). The average Bonchev–Trinajstić information content (AvgIpc) is 2.33. The van der Waals surface area contributed by atoms with Crippen LogP contribution in [0.4, 0.5) is 5.69 Å². The third-order valence-electron chi connectivity index (χ3n) is 2.62. The molecule has 0 aliphatic carbocycles. The number of fused-ring (bicyclic) bond motifs is 1. The van der Waals surface area contributed by atoms with Gasteiger partial charge in [-0.05, 0) is 25.1 Å². The van der Waals surface area contributed by atoms with Crippen LogP contribution in [0.3, 0.4) is 0 Å². The van der Waals surface area contributed by atoms with Crippen molar-refractivity contribution in [1.82, 2.24) is 0 Å². The van der Waals surface area contributed by atoms with Crippen molar-refractivity contribution in [3.05, 3.63) is 23.8 Å². The maximum Gasteiger partial charge on any atom is 0.323 e. The van der Waals surface area contributed by atoms with Gasteiger partial charge in [0.15, 0.2) is 6.10 Å². The quantitative estimate of drug-likeness (QED) is 0.797. The van der Waals surface area contributed by atoms with Crippen molar-refractivity contribution in [3.8, 4) is 5.75 Å². The van der Waals surface area contributed by atoms with Crippen molar-refractivity contribution >= 4 is 23.9 Å². The minimum Gasteiger partial charge on any atom is -0.480 e. The molecular weight excluding hydrogens is 238 g/mol. The first-order chi connectivity index (χ1) is 8.52. The van der Waals surface area contributed by atoms with E-state index in [1.54, 1.807) is 0 Å². The average molecular weight is 249 g/mol. The number of ether oxygens (including phenoxy) is 1. The van der Waals surface area contributed by atoms with Crippen molar-refractivity contribution in [2.75, 3.05) is 11.4 Å². The Kier molecular flexibility index (Phi) is 3.01. The van der Waals surface area contributed by atoms with E-state index in [0.717, 1.165) is 4.90 Å². The highest BCUT2D eigenvalue weighted by atomic mass is 16.5. The standard InChI is InChI=1S/C12H11NO5/c1-7-12(17)13(5-11(15)16)9-3-2-8(6-14)4-10(9)18-7/h2-4,6-7H,5H2,1H3,(H,15,16). The zero-order chi connectivity index (χ0) is 13.3. The van der Waals surface area contributed by atoms with Crippen molar-refractivity contribution < 1.29 is 24.2 Å². The molecule has 1 atom stereocenters. The molecule has 0 spiro atoms. The summed E-state index contributed by atoms with van der Waals surface area (Å²) in [4.78, 5) is 34.4. The molecule has 0 aromatic heterocycles. The van der Waals surface area contributed by atoms with Crippen LogP contribution in [0.1, 0.15) is 17.3 Å². The van der Waals surface area contributed by atoms with Gasteiger partial charge in [0.2, 0.25) is 0 Å². The minimum absolute atomic E-state index is 0.341. The van der Waals surface area contributed by atoms with Crippen molar-refractivity contribution in [2.24, 2.45) is 0 Å². The van der Waals surface area contributed by atoms with E-state index in [9.17, 15) is 14.4 Å². The van der Waals surface area contributed by atoms with Gasteiger partial charge in [0.1, 0.15) is 18.6 Å². The summed E-state index contributed by atoms with van der Waals surface area (Å²) in [6, 6.07) is 4.50. The maximum atomic E-state index is 11.8. The largest absolute Gasteiger partial charge is 0.480 e. The molecule has 0 bridgehead atoms. The van der Waals surface area contributed by atoms with Gasteiger partial charge >= 0.3 is 5.97 Å². The number of carbonyl (C=O) groups is 3. The number of nitrogens with zero attached hydrogens (tertiary/aromatic N) is 1. The first kappa shape index (κ1) is 12.1. The molecule has 1 aliphatic heterocycles. The fourth-order valence-corrected chi connectivity index (χ4v) is 1.80. The molecule has 94 valence electrons. The molecule has 1 aromatic rings. The predicted octanol–water partition coefficient (Wildman–Crippen LogP) is 0.698. The van der Waals surface area contributed by atoms with Crippen molar-refractivity contribution in [1.29, 1.82) is 0 Å². The lowest BCUT2D eigenvalue weighted by molar-refractivity contribution is -0.137. The topological polar surface area (TPSA) is 83.9 Å². The van der Waals surface area contributed by atoms with Crippen molar-refractivity contribution in [2.45, 2.75) is 13.0 Å². The van der Waals surface area contributed by atoms with Gasteiger partial charge in [-0.3, -0.25) is 19.3 Å². The summed E-state index contributed by atoms with van der Waals surface area (Å²) in [7, 11) is 0. The van der Waals surface area contributed by atoms with Gasteiger partial charge in [0, 0.05) is 5.56 Å². The second kappa shape index (κ2) is 4.48. The Morgan fingerprint density at radius 2 is 2.28 bits per heavy atom. The Morgan fingerprint density at radius 1 is 1.56 bits per heavy atom. The third-order valence-corrected chi connectivity index (χ3v) is 2.62. The van der Waals surface area contributed by atoms with E-state index in [2.05, 4.69) is 0 Å². The number of aliphatic carboxylic acids is 1. The monoisotopic (exact) mass is 249 g/mol. The second-order valence-corrected chi connectivity index (χ2v) is 3.92. The molecule has 6 nitrogen and oxygen atoms in total. The highest BCUT2D eigenvalue weighted by Crippen LogP contribution is 2.34. The lowest BCUT2D eigenvalue weighted by atomic mass is 10.1. The van der Waals surface area contributed by atoms with E-state index in [1.807, 2.05) is 0 Å². The Balaban J connectivity index is 2.46. The van der Waals surface area contributed by atoms with E-state index in [0.29, 0.717) is 23.3 Å². The molecule has 1 unspecified atom stereocenters. The number of hydrogen-bond donors (Lipinski definition) is 1. The molecule has 0 radical (unpaired) electrons. The number of carboxylic acid groups (broad SMARTS) is 1. The van der Waals surface area contributed by atoms with Crippen LogP contribution in [0, 0.1) is 0 Å². The Labute approximate surface area is 103 Å². The summed E-state index contributed by atoms with van der Waals surface area (Å²) < 4.78 is 5.36. The Hall–Kier alpha value is -2.37. The number of carbonyl (C=O) groups excluding carboxylic acids is 2. The Morgan fingerprint density at radius 3 is 2.89 bits per heavy atom. The van der Waals surface area contributed by atoms with Crippen LogP contribution in [-0.2, 0) is 9.59 Å². The predicted molar refractivity (Wildman–Crippen MR) is 61.9 cm³/mol. The van der Waals surface area contributed by atoms with E-state index < -0.39 is 24.5 Å². The molecule has 1 aliphatic rings. The molecule has 1 amide bonds. The Bertz CT molecular complexity index is 525. The minimum atomic E-state index is -1.11. The number of hydrogen-bond acceptors (Lipinski definition) is 4. The van der Waals surface area contributed by atoms with Crippen LogP contribution in [-0.4, -0.2) is 35.9 Å². The highest BCUT2D eigenvalue weighted by Gasteiger charge is 2.32. The number of benzene rings is 1. The van der Waals surface area contributed by atoms with Crippen LogP contribution in [0.25, 0.3) is 0 Å². The number of aldehydes is 1. The smallest absolute Gasteiger partial charge is 0.323 e. The summed E-state index contributed by atoms with van der Waals surface area (Å²) in [6.45, 7) is 1.10. The summed E-state index contributed by atoms with van der Waals surface area (Å²) in [6.07, 6.45) is -0.106. The number of anilines is 1. The molecule has 1 heterocycles. The third kappa shape index (κ3) is 2.04. The fraction of sp³-hybridized carbons (Fsp3) is 0.250. The fourth-order valence-electron chi connectivity index (χ4n) is 1.80. The normalized spacial score (nSPS) is 17.9. The summed E-state index contributed by atoms with van der Waals surface area (Å²) in [5.41, 5.74) is 0.775. The molecule has 0 saturated carbocycles. The molecule has 1 N–H and O–H groups in total. The number of rotatable bonds is 3. The van der Waals surface area contributed by atoms with Crippen LogP contribution < -0.4 is 9.64 Å². The van der Waals surface area contributed by atoms with Gasteiger partial charge in [-0.25, -0.2) is 0 Å². The second-order valence-electron chi connectivity index (χ2n) is 3.92. The van der Waals surface area contributed by atoms with Gasteiger partial charge in [0.05, 0.1) is 5.69 Å². The van der Waals surface area contributed by atoms with Gasteiger partial charge < -0.3 is 9.84 Å². The lowest BCUT2D eigenvalue weighted by Crippen LogP contribution is -2.46. The highest BCUT2D eigenvalue weighted by molar-refractivity contribution is 6.03. The maximum absolute atomic E-state index is 11.8. The first-order valence-electron chi connectivity index (χ1n) is 5.32. The van der Waals surface area contributed by atoms with E-state index >= 15 is 0 Å². The van der Waals surface area contributed by atoms with Crippen LogP contribution >= 0.6 is 0 Å². The van der Waals surface area contributed by atoms with Crippen LogP contribution in [0.5, 0.6) is 5.75 Å². The molecular formula is C12H11NO5. The van der Waals surface area contributed by atoms with Crippen molar-refractivity contribution in [3.63, 3.8) is 0 Å². The first-order valence-corrected chi connectivity index (χ1v) is 5.32. The molecule has 6 heteroatoms. The zero-order valence-electron chi connectivity index (χ0n) is 9.62. The van der Waals surface area contributed by atoms with Crippen LogP contribution in [0.15, 0.2) is 18.2 Å². The zero-order valence-corrected chi connectivity index (χ0v) is 9.62. The summed E-state index contributed by atoms with van der Waals surface area (Å²) in [5, 5.41) is 8.81. The summed E-state index contributed by atoms with van der Waals surface area (Å²) >= 11 is 0.